The third kappa shape index (κ3) is 2.68. The van der Waals surface area contributed by atoms with Crippen molar-refractivity contribution in [2.45, 2.75) is 11.3 Å². The van der Waals surface area contributed by atoms with Gasteiger partial charge >= 0.3 is 5.97 Å². The highest BCUT2D eigenvalue weighted by molar-refractivity contribution is 7.89. The fraction of sp³-hybridized carbons (Fsp3) is 0.308. The van der Waals surface area contributed by atoms with Gasteiger partial charge < -0.3 is 10.5 Å². The molecule has 0 aromatic heterocycles. The predicted molar refractivity (Wildman–Crippen MR) is 74.7 cm³/mol. The quantitative estimate of drug-likeness (QED) is 0.510. The molecule has 0 bridgehead atoms. The first-order valence-electron chi connectivity index (χ1n) is 6.10. The van der Waals surface area contributed by atoms with E-state index in [4.69, 9.17) is 5.73 Å². The number of ether oxygens (including phenoxy) is 1. The van der Waals surface area contributed by atoms with Crippen LogP contribution >= 0.6 is 0 Å². The van der Waals surface area contributed by atoms with Crippen LogP contribution in [0.2, 0.25) is 0 Å². The molecule has 1 heterocycles. The van der Waals surface area contributed by atoms with Crippen molar-refractivity contribution < 1.29 is 17.9 Å². The Morgan fingerprint density at radius 1 is 1.35 bits per heavy atom. The number of esters is 1. The number of nitrogen functional groups attached to an aromatic ring is 1. The molecule has 0 amide bonds. The van der Waals surface area contributed by atoms with Crippen molar-refractivity contribution in [2.24, 2.45) is 0 Å². The first-order chi connectivity index (χ1) is 9.46. The topological polar surface area (TPSA) is 89.7 Å². The van der Waals surface area contributed by atoms with E-state index in [0.29, 0.717) is 19.5 Å². The van der Waals surface area contributed by atoms with E-state index in [9.17, 15) is 13.2 Å². The number of carbonyl (C=O) groups is 1. The minimum atomic E-state index is -3.64. The Morgan fingerprint density at radius 2 is 2.10 bits per heavy atom. The maximum atomic E-state index is 12.5. The van der Waals surface area contributed by atoms with Gasteiger partial charge in [-0.15, -0.1) is 0 Å². The molecule has 0 fully saturated rings. The van der Waals surface area contributed by atoms with Crippen molar-refractivity contribution in [2.75, 3.05) is 25.9 Å². The number of benzene rings is 1. The van der Waals surface area contributed by atoms with E-state index in [1.165, 1.54) is 29.6 Å². The molecule has 1 aromatic rings. The second-order valence-corrected chi connectivity index (χ2v) is 6.27. The first-order valence-corrected chi connectivity index (χ1v) is 7.54. The summed E-state index contributed by atoms with van der Waals surface area (Å²) in [5.74, 6) is -0.554. The summed E-state index contributed by atoms with van der Waals surface area (Å²) < 4.78 is 30.8. The summed E-state index contributed by atoms with van der Waals surface area (Å²) in [7, 11) is -2.38. The van der Waals surface area contributed by atoms with Crippen molar-refractivity contribution in [3.8, 4) is 0 Å². The van der Waals surface area contributed by atoms with Gasteiger partial charge in [-0.1, -0.05) is 12.2 Å². The average molecular weight is 296 g/mol. The Bertz CT molecular complexity index is 652. The molecule has 0 radical (unpaired) electrons. The molecule has 20 heavy (non-hydrogen) atoms. The van der Waals surface area contributed by atoms with Gasteiger partial charge in [0.15, 0.2) is 0 Å². The van der Waals surface area contributed by atoms with Gasteiger partial charge in [0.05, 0.1) is 18.4 Å². The van der Waals surface area contributed by atoms with Crippen LogP contribution in [0.5, 0.6) is 0 Å². The van der Waals surface area contributed by atoms with Gasteiger partial charge in [-0.3, -0.25) is 0 Å². The normalized spacial score (nSPS) is 16.1. The monoisotopic (exact) mass is 296 g/mol. The second kappa shape index (κ2) is 5.64. The molecule has 0 unspecified atom stereocenters. The lowest BCUT2D eigenvalue weighted by atomic mass is 10.2. The lowest BCUT2D eigenvalue weighted by Gasteiger charge is -2.23. The molecule has 1 aliphatic rings. The maximum absolute atomic E-state index is 12.5. The summed E-state index contributed by atoms with van der Waals surface area (Å²) in [4.78, 5) is 11.4. The highest BCUT2D eigenvalue weighted by Gasteiger charge is 2.26. The van der Waals surface area contributed by atoms with Gasteiger partial charge in [0, 0.05) is 13.1 Å². The minimum Gasteiger partial charge on any atom is -0.465 e. The van der Waals surface area contributed by atoms with Gasteiger partial charge in [-0.05, 0) is 24.6 Å². The SMILES string of the molecule is COC(=O)c1ccc(S(=O)(=O)N2CC=CCC2)c(N)c1. The summed E-state index contributed by atoms with van der Waals surface area (Å²) in [6, 6.07) is 4.06. The zero-order valence-electron chi connectivity index (χ0n) is 11.1. The fourth-order valence-electron chi connectivity index (χ4n) is 2.01. The van der Waals surface area contributed by atoms with Gasteiger partial charge in [-0.2, -0.15) is 4.31 Å². The van der Waals surface area contributed by atoms with Crippen LogP contribution in [-0.2, 0) is 14.8 Å². The highest BCUT2D eigenvalue weighted by Crippen LogP contribution is 2.25. The Hall–Kier alpha value is -1.86. The number of nitrogens with zero attached hydrogens (tertiary/aromatic N) is 1. The van der Waals surface area contributed by atoms with Crippen LogP contribution in [0, 0.1) is 0 Å². The maximum Gasteiger partial charge on any atom is 0.337 e. The van der Waals surface area contributed by atoms with Crippen LogP contribution in [0.15, 0.2) is 35.2 Å². The lowest BCUT2D eigenvalue weighted by Crippen LogP contribution is -2.34. The van der Waals surface area contributed by atoms with Crippen molar-refractivity contribution in [3.05, 3.63) is 35.9 Å². The smallest absolute Gasteiger partial charge is 0.337 e. The molecule has 0 saturated heterocycles. The van der Waals surface area contributed by atoms with Gasteiger partial charge in [0.2, 0.25) is 10.0 Å². The molecule has 0 atom stereocenters. The number of sulfonamides is 1. The molecule has 7 heteroatoms. The Morgan fingerprint density at radius 3 is 2.65 bits per heavy atom. The molecule has 2 rings (SSSR count). The van der Waals surface area contributed by atoms with E-state index in [1.54, 1.807) is 6.08 Å². The third-order valence-electron chi connectivity index (χ3n) is 3.07. The Balaban J connectivity index is 2.37. The van der Waals surface area contributed by atoms with Crippen LogP contribution in [-0.4, -0.2) is 38.9 Å². The summed E-state index contributed by atoms with van der Waals surface area (Å²) in [6.45, 7) is 0.761. The van der Waals surface area contributed by atoms with Crippen molar-refractivity contribution in [1.82, 2.24) is 4.31 Å². The average Bonchev–Trinajstić information content (AvgIpc) is 2.47. The number of nitrogens with two attached hydrogens (primary N) is 1. The summed E-state index contributed by atoms with van der Waals surface area (Å²) in [6.07, 6.45) is 4.43. The molecule has 6 nitrogen and oxygen atoms in total. The first kappa shape index (κ1) is 14.5. The molecule has 2 N–H and O–H groups in total. The molecule has 1 aromatic carbocycles. The minimum absolute atomic E-state index is 0.0143. The molecule has 108 valence electrons. The summed E-state index contributed by atoms with van der Waals surface area (Å²) in [5.41, 5.74) is 6.04. The van der Waals surface area contributed by atoms with Crippen LogP contribution < -0.4 is 5.73 Å². The second-order valence-electron chi connectivity index (χ2n) is 4.37. The number of hydrogen-bond acceptors (Lipinski definition) is 5. The van der Waals surface area contributed by atoms with Crippen molar-refractivity contribution in [1.29, 1.82) is 0 Å². The largest absolute Gasteiger partial charge is 0.465 e. The van der Waals surface area contributed by atoms with E-state index in [-0.39, 0.29) is 16.1 Å². The van der Waals surface area contributed by atoms with E-state index >= 15 is 0 Å². The van der Waals surface area contributed by atoms with E-state index in [2.05, 4.69) is 4.74 Å². The number of methoxy groups -OCH3 is 1. The molecule has 0 saturated carbocycles. The van der Waals surface area contributed by atoms with Gasteiger partial charge in [0.25, 0.3) is 0 Å². The number of carbonyl (C=O) groups excluding carboxylic acids is 1. The standard InChI is InChI=1S/C13H16N2O4S/c1-19-13(16)10-5-6-12(11(14)9-10)20(17,18)15-7-3-2-4-8-15/h2-3,5-6,9H,4,7-8,14H2,1H3. The van der Waals surface area contributed by atoms with E-state index in [1.807, 2.05) is 6.08 Å². The highest BCUT2D eigenvalue weighted by atomic mass is 32.2. The van der Waals surface area contributed by atoms with Crippen LogP contribution in [0.1, 0.15) is 16.8 Å². The van der Waals surface area contributed by atoms with E-state index in [0.717, 1.165) is 0 Å². The number of hydrogen-bond donors (Lipinski definition) is 1. The number of rotatable bonds is 3. The summed E-state index contributed by atoms with van der Waals surface area (Å²) >= 11 is 0. The molecule has 0 aliphatic carbocycles. The zero-order valence-corrected chi connectivity index (χ0v) is 11.9. The number of anilines is 1. The molecular weight excluding hydrogens is 280 g/mol. The van der Waals surface area contributed by atoms with E-state index < -0.39 is 16.0 Å². The van der Waals surface area contributed by atoms with Gasteiger partial charge in [0.1, 0.15) is 4.90 Å². The van der Waals surface area contributed by atoms with Crippen LogP contribution in [0.3, 0.4) is 0 Å². The fourth-order valence-corrected chi connectivity index (χ4v) is 3.51. The third-order valence-corrected chi connectivity index (χ3v) is 5.01. The van der Waals surface area contributed by atoms with Gasteiger partial charge in [-0.25, -0.2) is 13.2 Å². The summed E-state index contributed by atoms with van der Waals surface area (Å²) in [5, 5.41) is 0. The Kier molecular flexibility index (Phi) is 4.10. The predicted octanol–water partition coefficient (Wildman–Crippen LogP) is 1.01. The molecular formula is C13H16N2O4S. The zero-order chi connectivity index (χ0) is 14.8. The van der Waals surface area contributed by atoms with Crippen molar-refractivity contribution >= 4 is 21.7 Å². The Labute approximate surface area is 117 Å². The lowest BCUT2D eigenvalue weighted by molar-refractivity contribution is 0.0600. The van der Waals surface area contributed by atoms with Crippen LogP contribution in [0.4, 0.5) is 5.69 Å². The van der Waals surface area contributed by atoms with Crippen LogP contribution in [0.25, 0.3) is 0 Å². The molecule has 1 aliphatic heterocycles. The van der Waals surface area contributed by atoms with Crippen molar-refractivity contribution in [3.63, 3.8) is 0 Å². The molecule has 0 spiro atoms.